The van der Waals surface area contributed by atoms with Crippen LogP contribution in [0, 0.1) is 0 Å². The smallest absolute Gasteiger partial charge is 0.260 e. The van der Waals surface area contributed by atoms with Crippen LogP contribution in [-0.4, -0.2) is 11.9 Å². The summed E-state index contributed by atoms with van der Waals surface area (Å²) >= 11 is 12.2. The molecule has 0 aliphatic carbocycles. The summed E-state index contributed by atoms with van der Waals surface area (Å²) in [6.45, 7) is 2.06. The summed E-state index contributed by atoms with van der Waals surface area (Å²) in [5.41, 5.74) is 2.62. The van der Waals surface area contributed by atoms with E-state index in [1.54, 1.807) is 18.2 Å². The molecule has 2 aromatic rings. The molecule has 4 heteroatoms. The summed E-state index contributed by atoms with van der Waals surface area (Å²) in [5, 5.41) is 0.722. The Balaban J connectivity index is 2.07. The number of anilines is 1. The molecule has 0 N–H and O–H groups in total. The first-order valence-corrected chi connectivity index (χ1v) is 7.70. The monoisotopic (exact) mass is 319 g/mol. The number of amides is 1. The molecule has 0 saturated carbocycles. The number of carbonyl (C=O) groups excluding carboxylic acids is 1. The Bertz CT molecular complexity index is 699. The van der Waals surface area contributed by atoms with Crippen LogP contribution in [0.4, 0.5) is 5.69 Å². The normalized spacial score (nSPS) is 17.5. The van der Waals surface area contributed by atoms with Crippen LogP contribution in [0.25, 0.3) is 0 Å². The lowest BCUT2D eigenvalue weighted by Gasteiger charge is -2.35. The first-order valence-electron chi connectivity index (χ1n) is 6.95. The maximum Gasteiger partial charge on any atom is 0.260 e. The Morgan fingerprint density at radius 1 is 1.14 bits per heavy atom. The standard InChI is InChI=1S/C17H15Cl2NO/c1-11-9-10-12-5-2-3-8-15(12)20(11)17(21)13-6-4-7-14(18)16(13)19/h2-8,11H,9-10H2,1H3. The van der Waals surface area contributed by atoms with Gasteiger partial charge in [0.15, 0.2) is 0 Å². The van der Waals surface area contributed by atoms with Gasteiger partial charge in [-0.15, -0.1) is 0 Å². The summed E-state index contributed by atoms with van der Waals surface area (Å²) < 4.78 is 0. The van der Waals surface area contributed by atoms with E-state index in [0.29, 0.717) is 15.6 Å². The molecule has 21 heavy (non-hydrogen) atoms. The fraction of sp³-hybridized carbons (Fsp3) is 0.235. The van der Waals surface area contributed by atoms with Gasteiger partial charge in [0.25, 0.3) is 5.91 Å². The van der Waals surface area contributed by atoms with Crippen molar-refractivity contribution >= 4 is 34.8 Å². The van der Waals surface area contributed by atoms with Crippen LogP contribution in [0.1, 0.15) is 29.3 Å². The van der Waals surface area contributed by atoms with Gasteiger partial charge in [-0.25, -0.2) is 0 Å². The maximum absolute atomic E-state index is 12.9. The Hall–Kier alpha value is -1.51. The van der Waals surface area contributed by atoms with Crippen molar-refractivity contribution in [3.8, 4) is 0 Å². The number of halogens is 2. The molecule has 0 aromatic heterocycles. The molecular formula is C17H15Cl2NO. The molecule has 108 valence electrons. The Morgan fingerprint density at radius 2 is 1.90 bits per heavy atom. The fourth-order valence-electron chi connectivity index (χ4n) is 2.80. The SMILES string of the molecule is CC1CCc2ccccc2N1C(=O)c1cccc(Cl)c1Cl. The van der Waals surface area contributed by atoms with Gasteiger partial charge >= 0.3 is 0 Å². The van der Waals surface area contributed by atoms with Crippen molar-refractivity contribution in [1.29, 1.82) is 0 Å². The molecule has 1 unspecified atom stereocenters. The van der Waals surface area contributed by atoms with E-state index in [0.717, 1.165) is 18.5 Å². The minimum absolute atomic E-state index is 0.0952. The van der Waals surface area contributed by atoms with Crippen molar-refractivity contribution in [2.24, 2.45) is 0 Å². The van der Waals surface area contributed by atoms with E-state index in [1.165, 1.54) is 5.56 Å². The van der Waals surface area contributed by atoms with Gasteiger partial charge in [-0.2, -0.15) is 0 Å². The number of fused-ring (bicyclic) bond motifs is 1. The lowest BCUT2D eigenvalue weighted by molar-refractivity contribution is 0.0975. The van der Waals surface area contributed by atoms with E-state index in [2.05, 4.69) is 13.0 Å². The molecule has 0 bridgehead atoms. The molecule has 0 spiro atoms. The van der Waals surface area contributed by atoms with Gasteiger partial charge in [-0.05, 0) is 43.5 Å². The van der Waals surface area contributed by atoms with Crippen LogP contribution in [0.15, 0.2) is 42.5 Å². The van der Waals surface area contributed by atoms with Gasteiger partial charge in [0.1, 0.15) is 0 Å². The van der Waals surface area contributed by atoms with Crippen molar-refractivity contribution in [3.05, 3.63) is 63.6 Å². The third kappa shape index (κ3) is 2.54. The van der Waals surface area contributed by atoms with Crippen LogP contribution in [0.5, 0.6) is 0 Å². The first kappa shape index (κ1) is 14.4. The Kier molecular flexibility index (Phi) is 3.92. The molecule has 1 atom stereocenters. The van der Waals surface area contributed by atoms with Crippen LogP contribution in [0.3, 0.4) is 0 Å². The number of para-hydroxylation sites is 1. The lowest BCUT2D eigenvalue weighted by atomic mass is 9.96. The fourth-order valence-corrected chi connectivity index (χ4v) is 3.18. The van der Waals surface area contributed by atoms with Crippen molar-refractivity contribution in [2.75, 3.05) is 4.90 Å². The molecule has 2 nitrogen and oxygen atoms in total. The first-order chi connectivity index (χ1) is 10.1. The minimum Gasteiger partial charge on any atom is -0.305 e. The summed E-state index contributed by atoms with van der Waals surface area (Å²) in [6, 6.07) is 13.3. The Morgan fingerprint density at radius 3 is 2.71 bits per heavy atom. The molecule has 1 aliphatic heterocycles. The van der Waals surface area contributed by atoms with Gasteiger partial charge in [0.2, 0.25) is 0 Å². The molecule has 0 saturated heterocycles. The highest BCUT2D eigenvalue weighted by molar-refractivity contribution is 6.44. The number of hydrogen-bond acceptors (Lipinski definition) is 1. The number of nitrogens with zero attached hydrogens (tertiary/aromatic N) is 1. The number of rotatable bonds is 1. The molecule has 1 heterocycles. The summed E-state index contributed by atoms with van der Waals surface area (Å²) in [7, 11) is 0. The minimum atomic E-state index is -0.0952. The molecule has 1 aliphatic rings. The zero-order valence-corrected chi connectivity index (χ0v) is 13.2. The van der Waals surface area contributed by atoms with Gasteiger partial charge in [0, 0.05) is 11.7 Å². The molecule has 1 amide bonds. The topological polar surface area (TPSA) is 20.3 Å². The second kappa shape index (κ2) is 5.70. The predicted octanol–water partition coefficient (Wildman–Crippen LogP) is 4.97. The van der Waals surface area contributed by atoms with Crippen LogP contribution < -0.4 is 4.90 Å². The van der Waals surface area contributed by atoms with Crippen LogP contribution in [0.2, 0.25) is 10.0 Å². The second-order valence-corrected chi connectivity index (χ2v) is 6.08. The Labute approximate surface area is 134 Å². The zero-order valence-electron chi connectivity index (χ0n) is 11.6. The highest BCUT2D eigenvalue weighted by Crippen LogP contribution is 2.34. The lowest BCUT2D eigenvalue weighted by Crippen LogP contribution is -2.42. The van der Waals surface area contributed by atoms with Crippen molar-refractivity contribution in [1.82, 2.24) is 0 Å². The van der Waals surface area contributed by atoms with E-state index in [-0.39, 0.29) is 11.9 Å². The van der Waals surface area contributed by atoms with Crippen LogP contribution >= 0.6 is 23.2 Å². The van der Waals surface area contributed by atoms with Gasteiger partial charge in [0.05, 0.1) is 15.6 Å². The van der Waals surface area contributed by atoms with Gasteiger partial charge in [-0.1, -0.05) is 47.5 Å². The zero-order chi connectivity index (χ0) is 15.0. The average Bonchev–Trinajstić information content (AvgIpc) is 2.49. The summed E-state index contributed by atoms with van der Waals surface area (Å²) in [5.74, 6) is -0.0952. The van der Waals surface area contributed by atoms with E-state index >= 15 is 0 Å². The predicted molar refractivity (Wildman–Crippen MR) is 87.5 cm³/mol. The van der Waals surface area contributed by atoms with E-state index in [1.807, 2.05) is 23.1 Å². The van der Waals surface area contributed by atoms with E-state index < -0.39 is 0 Å². The highest BCUT2D eigenvalue weighted by atomic mass is 35.5. The quantitative estimate of drug-likeness (QED) is 0.726. The molecule has 0 radical (unpaired) electrons. The van der Waals surface area contributed by atoms with Crippen LogP contribution in [-0.2, 0) is 6.42 Å². The largest absolute Gasteiger partial charge is 0.305 e. The van der Waals surface area contributed by atoms with E-state index in [9.17, 15) is 4.79 Å². The van der Waals surface area contributed by atoms with Crippen molar-refractivity contribution in [3.63, 3.8) is 0 Å². The van der Waals surface area contributed by atoms with Crippen molar-refractivity contribution in [2.45, 2.75) is 25.8 Å². The maximum atomic E-state index is 12.9. The molecule has 2 aromatic carbocycles. The van der Waals surface area contributed by atoms with Gasteiger partial charge < -0.3 is 4.90 Å². The number of aryl methyl sites for hydroxylation is 1. The molecule has 3 rings (SSSR count). The van der Waals surface area contributed by atoms with E-state index in [4.69, 9.17) is 23.2 Å². The summed E-state index contributed by atoms with van der Waals surface area (Å²) in [6.07, 6.45) is 1.94. The summed E-state index contributed by atoms with van der Waals surface area (Å²) in [4.78, 5) is 14.8. The second-order valence-electron chi connectivity index (χ2n) is 5.29. The number of hydrogen-bond donors (Lipinski definition) is 0. The highest BCUT2D eigenvalue weighted by Gasteiger charge is 2.30. The molecule has 0 fully saturated rings. The third-order valence-corrected chi connectivity index (χ3v) is 4.74. The number of carbonyl (C=O) groups is 1. The number of benzene rings is 2. The van der Waals surface area contributed by atoms with Crippen molar-refractivity contribution < 1.29 is 4.79 Å². The third-order valence-electron chi connectivity index (χ3n) is 3.92. The average molecular weight is 320 g/mol. The molecular weight excluding hydrogens is 305 g/mol. The van der Waals surface area contributed by atoms with Gasteiger partial charge in [-0.3, -0.25) is 4.79 Å².